The Morgan fingerprint density at radius 3 is 1.14 bits per heavy atom. The molecule has 0 fully saturated rings. The summed E-state index contributed by atoms with van der Waals surface area (Å²) in [5.74, 6) is 0. The highest BCUT2D eigenvalue weighted by Crippen LogP contribution is 2.58. The van der Waals surface area contributed by atoms with Gasteiger partial charge in [-0.05, 0) is 213 Å². The molecule has 0 spiro atoms. The Kier molecular flexibility index (Phi) is 22.8. The van der Waals surface area contributed by atoms with Crippen molar-refractivity contribution in [2.45, 2.75) is 316 Å². The van der Waals surface area contributed by atoms with Crippen molar-refractivity contribution in [3.8, 4) is 0 Å². The summed E-state index contributed by atoms with van der Waals surface area (Å²) in [5, 5.41) is 27.9. The molecule has 72 heavy (non-hydrogen) atoms. The fourth-order valence-corrected chi connectivity index (χ4v) is 15.2. The number of benzene rings is 2. The first-order chi connectivity index (χ1) is 32.4. The average molecular weight is 1000 g/mol. The second-order valence-electron chi connectivity index (χ2n) is 32.4. The lowest BCUT2D eigenvalue weighted by Crippen LogP contribution is -2.46. The molecule has 2 aliphatic rings. The number of hydrogen-bond donors (Lipinski definition) is 3. The lowest BCUT2D eigenvalue weighted by molar-refractivity contribution is 0.124. The van der Waals surface area contributed by atoms with E-state index in [4.69, 9.17) is 0 Å². The van der Waals surface area contributed by atoms with Crippen molar-refractivity contribution in [2.24, 2.45) is 32.5 Å². The molecular weight excluding hydrogens is 877 g/mol. The van der Waals surface area contributed by atoms with Gasteiger partial charge in [-0.25, -0.2) is 0 Å². The Bertz CT molecular complexity index is 1940. The minimum absolute atomic E-state index is 0.0530. The fraction of sp³-hybridized carbons (Fsp3) is 0.826. The van der Waals surface area contributed by atoms with E-state index >= 15 is 0 Å². The highest BCUT2D eigenvalue weighted by Gasteiger charge is 2.49. The Labute approximate surface area is 450 Å². The first kappa shape index (κ1) is 66.4. The molecule has 0 heterocycles. The predicted molar refractivity (Wildman–Crippen MR) is 319 cm³/mol. The van der Waals surface area contributed by atoms with E-state index in [0.717, 1.165) is 51.4 Å². The number of aliphatic hydroxyl groups is 3. The van der Waals surface area contributed by atoms with Crippen LogP contribution in [0.25, 0.3) is 0 Å². The van der Waals surface area contributed by atoms with Gasteiger partial charge in [0.15, 0.2) is 0 Å². The van der Waals surface area contributed by atoms with Gasteiger partial charge in [-0.1, -0.05) is 204 Å². The minimum Gasteiger partial charge on any atom is -0.396 e. The molecule has 0 aliphatic heterocycles. The summed E-state index contributed by atoms with van der Waals surface area (Å²) in [4.78, 5) is 0. The number of aliphatic hydroxyl groups excluding tert-OH is 3. The first-order valence-corrected chi connectivity index (χ1v) is 29.6. The van der Waals surface area contributed by atoms with Crippen LogP contribution in [-0.2, 0) is 39.9 Å². The van der Waals surface area contributed by atoms with Crippen molar-refractivity contribution in [1.82, 2.24) is 0 Å². The van der Waals surface area contributed by atoms with Gasteiger partial charge in [-0.3, -0.25) is 0 Å². The summed E-state index contributed by atoms with van der Waals surface area (Å²) in [5.41, 5.74) is 17.1. The predicted octanol–water partition coefficient (Wildman–Crippen LogP) is 19.5. The second kappa shape index (κ2) is 24.8. The third-order valence-electron chi connectivity index (χ3n) is 17.9. The number of hydrogen-bond acceptors (Lipinski definition) is 3. The maximum Gasteiger partial charge on any atom is 0.0431 e. The molecule has 1 unspecified atom stereocenters. The van der Waals surface area contributed by atoms with E-state index < -0.39 is 0 Å². The largest absolute Gasteiger partial charge is 0.396 e. The topological polar surface area (TPSA) is 60.7 Å². The van der Waals surface area contributed by atoms with Gasteiger partial charge in [-0.15, -0.1) is 0 Å². The van der Waals surface area contributed by atoms with Crippen molar-refractivity contribution in [1.29, 1.82) is 0 Å². The molecule has 0 bridgehead atoms. The molecule has 0 saturated heterocycles. The molecule has 4 rings (SSSR count). The van der Waals surface area contributed by atoms with Gasteiger partial charge >= 0.3 is 0 Å². The smallest absolute Gasteiger partial charge is 0.0431 e. The average Bonchev–Trinajstić information content (AvgIpc) is 3.20. The van der Waals surface area contributed by atoms with Gasteiger partial charge in [0.2, 0.25) is 0 Å². The summed E-state index contributed by atoms with van der Waals surface area (Å²) in [7, 11) is 0. The molecule has 0 radical (unpaired) electrons. The molecule has 3 nitrogen and oxygen atoms in total. The van der Waals surface area contributed by atoms with E-state index in [1.165, 1.54) is 74.5 Å². The number of unbranched alkanes of at least 4 members (excludes halogenated alkanes) is 1. The third-order valence-corrected chi connectivity index (χ3v) is 17.9. The van der Waals surface area contributed by atoms with Gasteiger partial charge in [0.1, 0.15) is 0 Å². The van der Waals surface area contributed by atoms with Gasteiger partial charge in [0.05, 0.1) is 0 Å². The third kappa shape index (κ3) is 19.1. The van der Waals surface area contributed by atoms with Crippen LogP contribution in [0, 0.1) is 46.3 Å². The molecule has 2 aliphatic carbocycles. The molecule has 0 amide bonds. The zero-order valence-corrected chi connectivity index (χ0v) is 53.2. The zero-order valence-electron chi connectivity index (χ0n) is 53.2. The molecule has 2 aromatic carbocycles. The van der Waals surface area contributed by atoms with E-state index in [1.807, 2.05) is 0 Å². The van der Waals surface area contributed by atoms with Crippen LogP contribution in [-0.4, -0.2) is 35.1 Å². The molecule has 1 atom stereocenters. The minimum atomic E-state index is 0.0530. The Balaban J connectivity index is 0.000000401. The Morgan fingerprint density at radius 1 is 0.431 bits per heavy atom. The number of fused-ring (bicyclic) bond motifs is 2. The number of rotatable bonds is 25. The van der Waals surface area contributed by atoms with Crippen LogP contribution in [0.15, 0.2) is 18.2 Å². The summed E-state index contributed by atoms with van der Waals surface area (Å²) in [6, 6.07) is 7.36. The van der Waals surface area contributed by atoms with Crippen LogP contribution in [0.1, 0.15) is 313 Å². The van der Waals surface area contributed by atoms with Crippen molar-refractivity contribution in [3.05, 3.63) is 68.3 Å². The van der Waals surface area contributed by atoms with Crippen molar-refractivity contribution < 1.29 is 15.3 Å². The van der Waals surface area contributed by atoms with Crippen LogP contribution < -0.4 is 0 Å². The molecule has 3 N–H and O–H groups in total. The highest BCUT2D eigenvalue weighted by molar-refractivity contribution is 5.65. The SMILES string of the molecule is CC(C)(CCCO)CC(C)(C)c1cc(C(C)(C)C)cc(C(C)(C)CC(C)(C)CCCO)c1.CCCCC(C)(C)CC(C)(C)CC.Cc1c2c(c(C)c3c1C(C)(C)C3)C(C)(CC(C)(C)CC(C)(C)CCCO)C2. The molecule has 2 aromatic rings. The molecule has 0 saturated carbocycles. The summed E-state index contributed by atoms with van der Waals surface area (Å²) in [6.45, 7) is 62.7. The van der Waals surface area contributed by atoms with Crippen molar-refractivity contribution in [2.75, 3.05) is 19.8 Å². The summed E-state index contributed by atoms with van der Waals surface area (Å²) < 4.78 is 0. The van der Waals surface area contributed by atoms with Gasteiger partial charge in [-0.2, -0.15) is 0 Å². The van der Waals surface area contributed by atoms with Gasteiger partial charge in [0.25, 0.3) is 0 Å². The van der Waals surface area contributed by atoms with E-state index in [-0.39, 0.29) is 40.3 Å². The van der Waals surface area contributed by atoms with Crippen LogP contribution in [0.2, 0.25) is 0 Å². The standard InChI is InChI=1S/C30H54O2.C26H42O.C13H28/c1-26(2,3)23-18-24(29(8,9)21-27(4,5)14-12-16-31)20-25(19-23)30(10,11)22-28(6,7)15-13-17-32;1-17-20-14-26(9,16-24(5,6)15-23(3,4)11-10-12-27)22(20)18(2)19-13-25(7,8)21(17)19;1-7-9-10-13(5,6)11-12(3,4)8-2/h18-20,31-32H,12-17,21-22H2,1-11H3;27H,10-16H2,1-9H3;7-11H2,1-6H3. The van der Waals surface area contributed by atoms with Gasteiger partial charge in [0, 0.05) is 19.8 Å². The lowest BCUT2D eigenvalue weighted by atomic mass is 9.51. The monoisotopic (exact) mass is 1000 g/mol. The second-order valence-corrected chi connectivity index (χ2v) is 32.4. The van der Waals surface area contributed by atoms with Crippen molar-refractivity contribution in [3.63, 3.8) is 0 Å². The highest BCUT2D eigenvalue weighted by atomic mass is 16.3. The molecule has 0 aromatic heterocycles. The molecule has 418 valence electrons. The van der Waals surface area contributed by atoms with Gasteiger partial charge < -0.3 is 15.3 Å². The lowest BCUT2D eigenvalue weighted by Gasteiger charge is -2.53. The van der Waals surface area contributed by atoms with Crippen LogP contribution in [0.4, 0.5) is 0 Å². The summed E-state index contributed by atoms with van der Waals surface area (Å²) >= 11 is 0. The Hall–Kier alpha value is -1.68. The normalized spacial score (nSPS) is 17.5. The van der Waals surface area contributed by atoms with E-state index in [2.05, 4.69) is 198 Å². The molecule has 3 heteroatoms. The van der Waals surface area contributed by atoms with E-state index in [1.54, 1.807) is 33.4 Å². The zero-order chi connectivity index (χ0) is 56.0. The Morgan fingerprint density at radius 2 is 0.778 bits per heavy atom. The van der Waals surface area contributed by atoms with Crippen LogP contribution in [0.3, 0.4) is 0 Å². The molecular formula is C69H124O3. The van der Waals surface area contributed by atoms with Crippen LogP contribution >= 0.6 is 0 Å². The van der Waals surface area contributed by atoms with E-state index in [9.17, 15) is 15.3 Å². The first-order valence-electron chi connectivity index (χ1n) is 29.6. The van der Waals surface area contributed by atoms with Crippen LogP contribution in [0.5, 0.6) is 0 Å². The quantitative estimate of drug-likeness (QED) is 0.0929. The fourth-order valence-electron chi connectivity index (χ4n) is 15.2. The summed E-state index contributed by atoms with van der Waals surface area (Å²) in [6.07, 6.45) is 19.8. The van der Waals surface area contributed by atoms with E-state index in [0.29, 0.717) is 39.1 Å². The van der Waals surface area contributed by atoms with Crippen molar-refractivity contribution >= 4 is 0 Å². The maximum absolute atomic E-state index is 9.33. The maximum atomic E-state index is 9.33.